The van der Waals surface area contributed by atoms with Crippen LogP contribution in [-0.2, 0) is 0 Å². The number of halogens is 2. The number of nitrogens with zero attached hydrogens (tertiary/aromatic N) is 1. The normalized spacial score (nSPS) is 16.5. The van der Waals surface area contributed by atoms with Gasteiger partial charge in [-0.15, -0.1) is 0 Å². The topological polar surface area (TPSA) is 89.2 Å². The molecule has 0 saturated heterocycles. The van der Waals surface area contributed by atoms with Crippen molar-refractivity contribution in [3.8, 4) is 11.8 Å². The summed E-state index contributed by atoms with van der Waals surface area (Å²) >= 11 is 0. The first kappa shape index (κ1) is 14.8. The Kier molecular flexibility index (Phi) is 3.37. The van der Waals surface area contributed by atoms with Gasteiger partial charge in [0.15, 0.2) is 0 Å². The largest absolute Gasteiger partial charge is 0.440 e. The summed E-state index contributed by atoms with van der Waals surface area (Å²) < 4.78 is 37.6. The Hall–Kier alpha value is -3.14. The number of hydrogen-bond acceptors (Lipinski definition) is 5. The van der Waals surface area contributed by atoms with Crippen molar-refractivity contribution >= 4 is 0 Å². The summed E-state index contributed by atoms with van der Waals surface area (Å²) in [6.45, 7) is 1.54. The van der Waals surface area contributed by atoms with Crippen LogP contribution in [0.3, 0.4) is 0 Å². The molecule has 1 aromatic heterocycles. The first-order valence-corrected chi connectivity index (χ1v) is 6.59. The molecule has 1 aromatic carbocycles. The van der Waals surface area contributed by atoms with E-state index in [1.54, 1.807) is 0 Å². The lowest BCUT2D eigenvalue weighted by Crippen LogP contribution is -2.26. The maximum absolute atomic E-state index is 14.2. The molecule has 5 nitrogen and oxygen atoms in total. The number of nitrogens with two attached hydrogens (primary N) is 1. The van der Waals surface area contributed by atoms with Gasteiger partial charge in [-0.05, 0) is 13.0 Å². The number of allylic oxidation sites excluding steroid dienone is 1. The maximum atomic E-state index is 14.2. The maximum Gasteiger partial charge on any atom is 0.343 e. The molecular formula is C16H10F2N2O3. The summed E-state index contributed by atoms with van der Waals surface area (Å²) in [6, 6.07) is 6.11. The summed E-state index contributed by atoms with van der Waals surface area (Å²) in [6.07, 6.45) is 0. The molecule has 1 atom stereocenters. The summed E-state index contributed by atoms with van der Waals surface area (Å²) in [5.41, 5.74) is 4.70. The van der Waals surface area contributed by atoms with Gasteiger partial charge in [0.25, 0.3) is 0 Å². The number of benzene rings is 1. The molecule has 2 N–H and O–H groups in total. The van der Waals surface area contributed by atoms with E-state index in [1.165, 1.54) is 13.0 Å². The Bertz CT molecular complexity index is 941. The highest BCUT2D eigenvalue weighted by molar-refractivity contribution is 5.54. The minimum Gasteiger partial charge on any atom is -0.440 e. The molecule has 116 valence electrons. The van der Waals surface area contributed by atoms with Gasteiger partial charge in [0.05, 0.1) is 11.5 Å². The van der Waals surface area contributed by atoms with Crippen LogP contribution in [0, 0.1) is 29.9 Å². The predicted molar refractivity (Wildman–Crippen MR) is 75.4 cm³/mol. The summed E-state index contributed by atoms with van der Waals surface area (Å²) in [5, 5.41) is 9.31. The minimum atomic E-state index is -1.12. The molecule has 1 aliphatic rings. The average Bonchev–Trinajstić information content (AvgIpc) is 2.45. The molecule has 0 radical (unpaired) electrons. The molecule has 3 rings (SSSR count). The summed E-state index contributed by atoms with van der Waals surface area (Å²) in [4.78, 5) is 12.2. The zero-order chi connectivity index (χ0) is 16.7. The van der Waals surface area contributed by atoms with Gasteiger partial charge >= 0.3 is 5.63 Å². The lowest BCUT2D eigenvalue weighted by atomic mass is 9.84. The van der Waals surface area contributed by atoms with E-state index in [4.69, 9.17) is 14.9 Å². The third kappa shape index (κ3) is 2.34. The van der Waals surface area contributed by atoms with Crippen molar-refractivity contribution in [3.05, 3.63) is 74.7 Å². The van der Waals surface area contributed by atoms with Crippen molar-refractivity contribution in [1.82, 2.24) is 0 Å². The molecule has 0 spiro atoms. The summed E-state index contributed by atoms with van der Waals surface area (Å²) in [7, 11) is 0. The van der Waals surface area contributed by atoms with Crippen LogP contribution in [0.25, 0.3) is 0 Å². The first-order valence-electron chi connectivity index (χ1n) is 6.59. The monoisotopic (exact) mass is 316 g/mol. The van der Waals surface area contributed by atoms with E-state index < -0.39 is 23.2 Å². The van der Waals surface area contributed by atoms with Crippen molar-refractivity contribution in [3.63, 3.8) is 0 Å². The standard InChI is InChI=1S/C16H10F2N2O3/c1-7-4-12-14(16(21)22-7)13(10(6-19)15(20)23-12)9-3-2-8(17)5-11(9)18/h2-5,13H,20H2,1H3/t13-/m1/s1. The van der Waals surface area contributed by atoms with Gasteiger partial charge in [0, 0.05) is 17.7 Å². The molecule has 2 heterocycles. The van der Waals surface area contributed by atoms with Crippen LogP contribution in [0.5, 0.6) is 5.75 Å². The van der Waals surface area contributed by atoms with E-state index in [0.29, 0.717) is 6.07 Å². The van der Waals surface area contributed by atoms with Gasteiger partial charge in [-0.2, -0.15) is 5.26 Å². The van der Waals surface area contributed by atoms with E-state index in [2.05, 4.69) is 0 Å². The Balaban J connectivity index is 2.34. The second-order valence-corrected chi connectivity index (χ2v) is 5.01. The van der Waals surface area contributed by atoms with Gasteiger partial charge in [0.1, 0.15) is 34.8 Å². The van der Waals surface area contributed by atoms with E-state index in [0.717, 1.165) is 12.1 Å². The van der Waals surface area contributed by atoms with Gasteiger partial charge in [-0.25, -0.2) is 13.6 Å². The second kappa shape index (κ2) is 5.25. The number of rotatable bonds is 1. The third-order valence-electron chi connectivity index (χ3n) is 3.53. The molecule has 0 aliphatic carbocycles. The molecule has 7 heteroatoms. The lowest BCUT2D eigenvalue weighted by molar-refractivity contribution is 0.370. The van der Waals surface area contributed by atoms with E-state index in [-0.39, 0.29) is 34.1 Å². The quantitative estimate of drug-likeness (QED) is 0.873. The second-order valence-electron chi connectivity index (χ2n) is 5.01. The van der Waals surface area contributed by atoms with Gasteiger partial charge in [-0.1, -0.05) is 6.07 Å². The smallest absolute Gasteiger partial charge is 0.343 e. The van der Waals surface area contributed by atoms with Crippen molar-refractivity contribution in [2.75, 3.05) is 0 Å². The van der Waals surface area contributed by atoms with Crippen LogP contribution in [0.2, 0.25) is 0 Å². The minimum absolute atomic E-state index is 0.0492. The van der Waals surface area contributed by atoms with E-state index in [1.807, 2.05) is 6.07 Å². The summed E-state index contributed by atoms with van der Waals surface area (Å²) in [5.74, 6) is -2.67. The number of aryl methyl sites for hydroxylation is 1. The number of nitriles is 1. The molecule has 23 heavy (non-hydrogen) atoms. The van der Waals surface area contributed by atoms with Crippen molar-refractivity contribution in [2.45, 2.75) is 12.8 Å². The SMILES string of the molecule is Cc1cc2c(c(=O)o1)[C@H](c1ccc(F)cc1F)C(C#N)=C(N)O2. The molecule has 0 amide bonds. The van der Waals surface area contributed by atoms with E-state index in [9.17, 15) is 18.8 Å². The molecule has 0 fully saturated rings. The highest BCUT2D eigenvalue weighted by Gasteiger charge is 2.35. The first-order chi connectivity index (χ1) is 10.9. The van der Waals surface area contributed by atoms with Crippen LogP contribution in [-0.4, -0.2) is 0 Å². The van der Waals surface area contributed by atoms with Gasteiger partial charge in [0.2, 0.25) is 5.88 Å². The van der Waals surface area contributed by atoms with Crippen LogP contribution in [0.1, 0.15) is 22.8 Å². The molecular weight excluding hydrogens is 306 g/mol. The Morgan fingerprint density at radius 1 is 1.30 bits per heavy atom. The fourth-order valence-electron chi connectivity index (χ4n) is 2.56. The van der Waals surface area contributed by atoms with E-state index >= 15 is 0 Å². The number of fused-ring (bicyclic) bond motifs is 1. The molecule has 0 bridgehead atoms. The molecule has 0 unspecified atom stereocenters. The average molecular weight is 316 g/mol. The molecule has 2 aromatic rings. The highest BCUT2D eigenvalue weighted by atomic mass is 19.1. The Morgan fingerprint density at radius 3 is 2.70 bits per heavy atom. The number of hydrogen-bond donors (Lipinski definition) is 1. The van der Waals surface area contributed by atoms with Crippen molar-refractivity contribution < 1.29 is 17.9 Å². The zero-order valence-corrected chi connectivity index (χ0v) is 11.9. The van der Waals surface area contributed by atoms with Crippen LogP contribution in [0.4, 0.5) is 8.78 Å². The number of ether oxygens (including phenoxy) is 1. The van der Waals surface area contributed by atoms with Gasteiger partial charge in [-0.3, -0.25) is 0 Å². The van der Waals surface area contributed by atoms with Crippen LogP contribution < -0.4 is 16.1 Å². The van der Waals surface area contributed by atoms with Crippen LogP contribution >= 0.6 is 0 Å². The van der Waals surface area contributed by atoms with Crippen molar-refractivity contribution in [2.24, 2.45) is 5.73 Å². The predicted octanol–water partition coefficient (Wildman–Crippen LogP) is 2.44. The zero-order valence-electron chi connectivity index (χ0n) is 11.9. The third-order valence-corrected chi connectivity index (χ3v) is 3.53. The highest BCUT2D eigenvalue weighted by Crippen LogP contribution is 2.41. The Labute approximate surface area is 129 Å². The Morgan fingerprint density at radius 2 is 2.04 bits per heavy atom. The lowest BCUT2D eigenvalue weighted by Gasteiger charge is -2.25. The van der Waals surface area contributed by atoms with Crippen LogP contribution in [0.15, 0.2) is 44.9 Å². The van der Waals surface area contributed by atoms with Crippen molar-refractivity contribution in [1.29, 1.82) is 5.26 Å². The molecule has 1 aliphatic heterocycles. The van der Waals surface area contributed by atoms with Gasteiger partial charge < -0.3 is 14.9 Å². The molecule has 0 saturated carbocycles. The fraction of sp³-hybridized carbons (Fsp3) is 0.125. The fourth-order valence-corrected chi connectivity index (χ4v) is 2.56.